The molecule has 0 radical (unpaired) electrons. The van der Waals surface area contributed by atoms with Gasteiger partial charge in [0.2, 0.25) is 0 Å². The van der Waals surface area contributed by atoms with Crippen LogP contribution >= 0.6 is 0 Å². The summed E-state index contributed by atoms with van der Waals surface area (Å²) in [6.07, 6.45) is 6.93. The van der Waals surface area contributed by atoms with Crippen molar-refractivity contribution in [3.63, 3.8) is 0 Å². The summed E-state index contributed by atoms with van der Waals surface area (Å²) in [6.45, 7) is 3.79. The van der Waals surface area contributed by atoms with Crippen LogP contribution in [0.4, 0.5) is 0 Å². The molecule has 0 aliphatic heterocycles. The number of aliphatic hydroxyl groups is 1. The molecule has 0 aromatic rings. The molecule has 0 amide bonds. The molecule has 0 rings (SSSR count). The van der Waals surface area contributed by atoms with Crippen molar-refractivity contribution in [1.29, 1.82) is 0 Å². The highest BCUT2D eigenvalue weighted by Gasteiger charge is 1.94. The van der Waals surface area contributed by atoms with Crippen molar-refractivity contribution in [2.75, 3.05) is 19.8 Å². The maximum Gasteiger partial charge on any atom is 0.0614 e. The van der Waals surface area contributed by atoms with Crippen LogP contribution in [0, 0.1) is 0 Å². The van der Waals surface area contributed by atoms with Gasteiger partial charge in [0.15, 0.2) is 0 Å². The van der Waals surface area contributed by atoms with Crippen molar-refractivity contribution in [3.8, 4) is 0 Å². The highest BCUT2D eigenvalue weighted by atomic mass is 16.5. The van der Waals surface area contributed by atoms with Crippen LogP contribution in [0.15, 0.2) is 0 Å². The molecular weight excluding hydrogens is 178 g/mol. The van der Waals surface area contributed by atoms with Gasteiger partial charge < -0.3 is 15.6 Å². The van der Waals surface area contributed by atoms with Crippen LogP contribution in [0.25, 0.3) is 0 Å². The zero-order chi connectivity index (χ0) is 10.6. The maximum atomic E-state index is 8.56. The molecule has 1 atom stereocenters. The third-order valence-electron chi connectivity index (χ3n) is 2.08. The predicted octanol–water partition coefficient (Wildman–Crippen LogP) is 1.68. The molecule has 3 heteroatoms. The van der Waals surface area contributed by atoms with E-state index < -0.39 is 0 Å². The Morgan fingerprint density at radius 2 is 1.64 bits per heavy atom. The minimum Gasteiger partial charge on any atom is -0.396 e. The summed E-state index contributed by atoms with van der Waals surface area (Å²) in [6, 6.07) is 0.152. The fraction of sp³-hybridized carbons (Fsp3) is 1.00. The van der Waals surface area contributed by atoms with E-state index in [1.165, 1.54) is 19.3 Å². The lowest BCUT2D eigenvalue weighted by Crippen LogP contribution is -2.22. The zero-order valence-electron chi connectivity index (χ0n) is 9.37. The second-order valence-electron chi connectivity index (χ2n) is 3.90. The smallest absolute Gasteiger partial charge is 0.0614 e. The maximum absolute atomic E-state index is 8.56. The van der Waals surface area contributed by atoms with E-state index in [4.69, 9.17) is 15.6 Å². The molecule has 1 unspecified atom stereocenters. The molecule has 0 aromatic heterocycles. The quantitative estimate of drug-likeness (QED) is 0.531. The fourth-order valence-electron chi connectivity index (χ4n) is 1.29. The average molecular weight is 203 g/mol. The number of rotatable bonds is 10. The number of unbranched alkanes of at least 4 members (excludes halogenated alkanes) is 5. The van der Waals surface area contributed by atoms with E-state index in [9.17, 15) is 0 Å². The Labute approximate surface area is 87.6 Å². The van der Waals surface area contributed by atoms with Crippen LogP contribution in [0.5, 0.6) is 0 Å². The van der Waals surface area contributed by atoms with Gasteiger partial charge in [-0.3, -0.25) is 0 Å². The molecular formula is C11H25NO2. The highest BCUT2D eigenvalue weighted by molar-refractivity contribution is 4.49. The van der Waals surface area contributed by atoms with Gasteiger partial charge >= 0.3 is 0 Å². The van der Waals surface area contributed by atoms with Crippen LogP contribution in [-0.4, -0.2) is 31.0 Å². The second-order valence-corrected chi connectivity index (χ2v) is 3.90. The SMILES string of the molecule is CC(N)COCCCCCCCCO. The lowest BCUT2D eigenvalue weighted by atomic mass is 10.1. The molecule has 0 saturated carbocycles. The topological polar surface area (TPSA) is 55.5 Å². The van der Waals surface area contributed by atoms with E-state index in [1.807, 2.05) is 6.92 Å². The van der Waals surface area contributed by atoms with E-state index >= 15 is 0 Å². The van der Waals surface area contributed by atoms with Crippen molar-refractivity contribution < 1.29 is 9.84 Å². The molecule has 0 bridgehead atoms. The van der Waals surface area contributed by atoms with Crippen LogP contribution in [-0.2, 0) is 4.74 Å². The van der Waals surface area contributed by atoms with Gasteiger partial charge in [-0.25, -0.2) is 0 Å². The Morgan fingerprint density at radius 1 is 1.07 bits per heavy atom. The molecule has 0 saturated heterocycles. The Kier molecular flexibility index (Phi) is 10.9. The first-order chi connectivity index (χ1) is 6.77. The Morgan fingerprint density at radius 3 is 2.21 bits per heavy atom. The molecule has 0 spiro atoms. The zero-order valence-corrected chi connectivity index (χ0v) is 9.37. The summed E-state index contributed by atoms with van der Waals surface area (Å²) in [7, 11) is 0. The van der Waals surface area contributed by atoms with Crippen LogP contribution in [0.2, 0.25) is 0 Å². The molecule has 86 valence electrons. The highest BCUT2D eigenvalue weighted by Crippen LogP contribution is 2.04. The lowest BCUT2D eigenvalue weighted by molar-refractivity contribution is 0.120. The minimum absolute atomic E-state index is 0.152. The van der Waals surface area contributed by atoms with Crippen molar-refractivity contribution in [2.24, 2.45) is 5.73 Å². The number of hydrogen-bond donors (Lipinski definition) is 2. The molecule has 0 aromatic carbocycles. The van der Waals surface area contributed by atoms with Crippen LogP contribution in [0.1, 0.15) is 45.4 Å². The van der Waals surface area contributed by atoms with E-state index in [1.54, 1.807) is 0 Å². The van der Waals surface area contributed by atoms with Crippen molar-refractivity contribution in [2.45, 2.75) is 51.5 Å². The fourth-order valence-corrected chi connectivity index (χ4v) is 1.29. The predicted molar refractivity (Wildman–Crippen MR) is 59.3 cm³/mol. The summed E-state index contributed by atoms with van der Waals surface area (Å²) in [5, 5.41) is 8.56. The first-order valence-electron chi connectivity index (χ1n) is 5.71. The number of ether oxygens (including phenoxy) is 1. The van der Waals surface area contributed by atoms with Gasteiger partial charge in [0, 0.05) is 19.3 Å². The second kappa shape index (κ2) is 11.0. The number of nitrogens with two attached hydrogens (primary N) is 1. The minimum atomic E-state index is 0.152. The molecule has 0 aliphatic carbocycles. The van der Waals surface area contributed by atoms with Gasteiger partial charge in [-0.05, 0) is 19.8 Å². The first-order valence-corrected chi connectivity index (χ1v) is 5.71. The van der Waals surface area contributed by atoms with E-state index in [-0.39, 0.29) is 6.04 Å². The van der Waals surface area contributed by atoms with E-state index in [0.717, 1.165) is 25.9 Å². The van der Waals surface area contributed by atoms with Crippen LogP contribution in [0.3, 0.4) is 0 Å². The molecule has 3 nitrogen and oxygen atoms in total. The standard InChI is InChI=1S/C11H25NO2/c1-11(12)10-14-9-7-5-3-2-4-6-8-13/h11,13H,2-10,12H2,1H3. The largest absolute Gasteiger partial charge is 0.396 e. The van der Waals surface area contributed by atoms with E-state index in [0.29, 0.717) is 13.2 Å². The van der Waals surface area contributed by atoms with Crippen molar-refractivity contribution in [3.05, 3.63) is 0 Å². The average Bonchev–Trinajstić information content (AvgIpc) is 2.15. The monoisotopic (exact) mass is 203 g/mol. The van der Waals surface area contributed by atoms with Crippen molar-refractivity contribution >= 4 is 0 Å². The van der Waals surface area contributed by atoms with Gasteiger partial charge in [0.1, 0.15) is 0 Å². The Balaban J connectivity index is 2.85. The first kappa shape index (κ1) is 13.9. The molecule has 3 N–H and O–H groups in total. The summed E-state index contributed by atoms with van der Waals surface area (Å²) < 4.78 is 5.36. The van der Waals surface area contributed by atoms with E-state index in [2.05, 4.69) is 0 Å². The Bertz CT molecular complexity index is 107. The normalized spacial score (nSPS) is 13.1. The van der Waals surface area contributed by atoms with Gasteiger partial charge in [-0.1, -0.05) is 25.7 Å². The van der Waals surface area contributed by atoms with Gasteiger partial charge in [0.05, 0.1) is 6.61 Å². The van der Waals surface area contributed by atoms with Gasteiger partial charge in [-0.2, -0.15) is 0 Å². The van der Waals surface area contributed by atoms with Crippen LogP contribution < -0.4 is 5.73 Å². The molecule has 0 fully saturated rings. The summed E-state index contributed by atoms with van der Waals surface area (Å²) in [5.41, 5.74) is 5.54. The lowest BCUT2D eigenvalue weighted by Gasteiger charge is -2.06. The third-order valence-corrected chi connectivity index (χ3v) is 2.08. The summed E-state index contributed by atoms with van der Waals surface area (Å²) in [5.74, 6) is 0. The Hall–Kier alpha value is -0.120. The van der Waals surface area contributed by atoms with Crippen molar-refractivity contribution in [1.82, 2.24) is 0 Å². The molecule has 0 heterocycles. The summed E-state index contributed by atoms with van der Waals surface area (Å²) >= 11 is 0. The third kappa shape index (κ3) is 11.9. The van der Waals surface area contributed by atoms with Gasteiger partial charge in [0.25, 0.3) is 0 Å². The van der Waals surface area contributed by atoms with Gasteiger partial charge in [-0.15, -0.1) is 0 Å². The number of hydrogen-bond acceptors (Lipinski definition) is 3. The molecule has 0 aliphatic rings. The molecule has 14 heavy (non-hydrogen) atoms. The number of aliphatic hydroxyl groups excluding tert-OH is 1. The summed E-state index contributed by atoms with van der Waals surface area (Å²) in [4.78, 5) is 0.